The highest BCUT2D eigenvalue weighted by molar-refractivity contribution is 5.94. The van der Waals surface area contributed by atoms with Crippen molar-refractivity contribution in [1.82, 2.24) is 9.55 Å². The Bertz CT molecular complexity index is 1290. The van der Waals surface area contributed by atoms with Crippen LogP contribution in [-0.2, 0) is 0 Å². The molecule has 0 fully saturated rings. The molecule has 0 N–H and O–H groups in total. The molecule has 0 saturated heterocycles. The van der Waals surface area contributed by atoms with Crippen LogP contribution in [0.3, 0.4) is 0 Å². The topological polar surface area (TPSA) is 30.2 Å². The molecule has 0 aliphatic heterocycles. The first kappa shape index (κ1) is 18.8. The molecule has 0 spiro atoms. The molecule has 0 bridgehead atoms. The molecule has 0 aliphatic carbocycles. The zero-order valence-electron chi connectivity index (χ0n) is 17.0. The summed E-state index contributed by atoms with van der Waals surface area (Å²) >= 11 is 0. The second kappa shape index (κ2) is 8.64. The summed E-state index contributed by atoms with van der Waals surface area (Å²) in [5, 5.41) is 0. The zero-order valence-corrected chi connectivity index (χ0v) is 17.0. The number of benzene rings is 3. The van der Waals surface area contributed by atoms with Crippen LogP contribution < -0.4 is 0 Å². The minimum atomic E-state index is 0.690. The molecule has 0 aliphatic rings. The van der Waals surface area contributed by atoms with Crippen molar-refractivity contribution in [3.8, 4) is 28.2 Å². The predicted molar refractivity (Wildman–Crippen MR) is 128 cm³/mol. The number of nitrogens with zero attached hydrogens (tertiary/aromatic N) is 3. The summed E-state index contributed by atoms with van der Waals surface area (Å²) in [5.41, 5.74) is 6.66. The van der Waals surface area contributed by atoms with Crippen LogP contribution in [0.4, 0.5) is 5.82 Å². The van der Waals surface area contributed by atoms with E-state index in [0.29, 0.717) is 5.82 Å². The lowest BCUT2D eigenvalue weighted by Crippen LogP contribution is -2.00. The fourth-order valence-electron chi connectivity index (χ4n) is 3.75. The molecule has 148 valence electrons. The van der Waals surface area contributed by atoms with Gasteiger partial charge in [0.1, 0.15) is 0 Å². The molecule has 3 aromatic carbocycles. The van der Waals surface area contributed by atoms with Gasteiger partial charge in [0.15, 0.2) is 5.82 Å². The van der Waals surface area contributed by atoms with Gasteiger partial charge in [0.05, 0.1) is 11.4 Å². The largest absolute Gasteiger partial charge is 0.309 e. The van der Waals surface area contributed by atoms with Gasteiger partial charge in [-0.1, -0.05) is 84.9 Å². The minimum Gasteiger partial charge on any atom is -0.309 e. The maximum absolute atomic E-state index is 4.65. The quantitative estimate of drug-likeness (QED) is 0.294. The van der Waals surface area contributed by atoms with Gasteiger partial charge in [0.25, 0.3) is 0 Å². The van der Waals surface area contributed by atoms with Gasteiger partial charge in [-0.2, -0.15) is 0 Å². The van der Waals surface area contributed by atoms with Crippen LogP contribution >= 0.6 is 0 Å². The van der Waals surface area contributed by atoms with Crippen molar-refractivity contribution < 1.29 is 0 Å². The Morgan fingerprint density at radius 2 is 1.26 bits per heavy atom. The normalized spacial score (nSPS) is 11.1. The Labute approximate surface area is 182 Å². The van der Waals surface area contributed by atoms with Crippen LogP contribution in [0.15, 0.2) is 126 Å². The van der Waals surface area contributed by atoms with Crippen molar-refractivity contribution in [3.05, 3.63) is 127 Å². The Hall–Kier alpha value is -4.24. The van der Waals surface area contributed by atoms with Crippen molar-refractivity contribution in [3.63, 3.8) is 0 Å². The highest BCUT2D eigenvalue weighted by atomic mass is 15.0. The standard InChI is InChI=1S/C28H21N3/c1-4-12-22(13-5-1)26-20-24(21-30-27-18-10-11-19-29-27)28(23-14-6-2-7-15-23)31(26)25-16-8-3-9-17-25/h1-21H. The van der Waals surface area contributed by atoms with Gasteiger partial charge in [-0.15, -0.1) is 0 Å². The smallest absolute Gasteiger partial charge is 0.151 e. The molecule has 0 saturated carbocycles. The first-order chi connectivity index (χ1) is 15.4. The fourth-order valence-corrected chi connectivity index (χ4v) is 3.75. The van der Waals surface area contributed by atoms with E-state index in [2.05, 4.69) is 93.4 Å². The van der Waals surface area contributed by atoms with Crippen molar-refractivity contribution >= 4 is 12.0 Å². The average Bonchev–Trinajstić information content (AvgIpc) is 3.24. The lowest BCUT2D eigenvalue weighted by Gasteiger charge is -2.15. The number of hydrogen-bond donors (Lipinski definition) is 0. The molecule has 0 atom stereocenters. The summed E-state index contributed by atoms with van der Waals surface area (Å²) < 4.78 is 2.31. The number of hydrogen-bond acceptors (Lipinski definition) is 2. The van der Waals surface area contributed by atoms with E-state index in [0.717, 1.165) is 33.8 Å². The lowest BCUT2D eigenvalue weighted by atomic mass is 10.1. The third kappa shape index (κ3) is 3.94. The summed E-state index contributed by atoms with van der Waals surface area (Å²) in [5.74, 6) is 0.690. The number of rotatable bonds is 5. The van der Waals surface area contributed by atoms with Crippen LogP contribution in [-0.4, -0.2) is 15.8 Å². The molecule has 5 rings (SSSR count). The Morgan fingerprint density at radius 1 is 0.645 bits per heavy atom. The molecule has 0 unspecified atom stereocenters. The van der Waals surface area contributed by atoms with Gasteiger partial charge in [-0.3, -0.25) is 0 Å². The number of aliphatic imine (C=N–C) groups is 1. The summed E-state index contributed by atoms with van der Waals surface area (Å²) in [7, 11) is 0. The summed E-state index contributed by atoms with van der Waals surface area (Å²) in [6.07, 6.45) is 3.67. The molecule has 31 heavy (non-hydrogen) atoms. The van der Waals surface area contributed by atoms with Crippen LogP contribution in [0.2, 0.25) is 0 Å². The van der Waals surface area contributed by atoms with Gasteiger partial charge in [0.2, 0.25) is 0 Å². The molecule has 3 heteroatoms. The van der Waals surface area contributed by atoms with E-state index in [-0.39, 0.29) is 0 Å². The van der Waals surface area contributed by atoms with Gasteiger partial charge < -0.3 is 4.57 Å². The molecule has 2 heterocycles. The second-order valence-electron chi connectivity index (χ2n) is 7.18. The molecule has 5 aromatic rings. The van der Waals surface area contributed by atoms with E-state index in [4.69, 9.17) is 0 Å². The molecule has 2 aromatic heterocycles. The highest BCUT2D eigenvalue weighted by Crippen LogP contribution is 2.35. The Balaban J connectivity index is 1.78. The second-order valence-corrected chi connectivity index (χ2v) is 7.18. The Kier molecular flexibility index (Phi) is 5.23. The summed E-state index contributed by atoms with van der Waals surface area (Å²) in [6.45, 7) is 0. The van der Waals surface area contributed by atoms with Crippen LogP contribution in [0, 0.1) is 0 Å². The highest BCUT2D eigenvalue weighted by Gasteiger charge is 2.18. The number of pyridine rings is 1. The van der Waals surface area contributed by atoms with Crippen molar-refractivity contribution in [2.24, 2.45) is 4.99 Å². The lowest BCUT2D eigenvalue weighted by molar-refractivity contribution is 1.09. The monoisotopic (exact) mass is 399 g/mol. The van der Waals surface area contributed by atoms with E-state index in [1.165, 1.54) is 0 Å². The van der Waals surface area contributed by atoms with Crippen LogP contribution in [0.5, 0.6) is 0 Å². The van der Waals surface area contributed by atoms with E-state index >= 15 is 0 Å². The van der Waals surface area contributed by atoms with Crippen LogP contribution in [0.25, 0.3) is 28.2 Å². The van der Waals surface area contributed by atoms with Crippen molar-refractivity contribution in [2.45, 2.75) is 0 Å². The zero-order chi connectivity index (χ0) is 20.9. The number of para-hydroxylation sites is 1. The third-order valence-corrected chi connectivity index (χ3v) is 5.15. The van der Waals surface area contributed by atoms with Gasteiger partial charge in [0, 0.05) is 23.7 Å². The molecular formula is C28H21N3. The Morgan fingerprint density at radius 3 is 1.90 bits per heavy atom. The summed E-state index contributed by atoms with van der Waals surface area (Å²) in [4.78, 5) is 8.99. The number of aromatic nitrogens is 2. The summed E-state index contributed by atoms with van der Waals surface area (Å²) in [6, 6.07) is 39.3. The van der Waals surface area contributed by atoms with E-state index < -0.39 is 0 Å². The SMILES string of the molecule is C(=Nc1ccccn1)c1cc(-c2ccccc2)n(-c2ccccc2)c1-c1ccccc1. The predicted octanol–water partition coefficient (Wildman–Crippen LogP) is 6.96. The minimum absolute atomic E-state index is 0.690. The van der Waals surface area contributed by atoms with Gasteiger partial charge >= 0.3 is 0 Å². The maximum Gasteiger partial charge on any atom is 0.151 e. The first-order valence-electron chi connectivity index (χ1n) is 10.3. The maximum atomic E-state index is 4.65. The van der Waals surface area contributed by atoms with Crippen molar-refractivity contribution in [2.75, 3.05) is 0 Å². The van der Waals surface area contributed by atoms with E-state index in [9.17, 15) is 0 Å². The molecular weight excluding hydrogens is 378 g/mol. The average molecular weight is 399 g/mol. The van der Waals surface area contributed by atoms with E-state index in [1.807, 2.05) is 42.6 Å². The fraction of sp³-hybridized carbons (Fsp3) is 0. The molecule has 3 nitrogen and oxygen atoms in total. The molecule has 0 amide bonds. The molecule has 0 radical (unpaired) electrons. The first-order valence-corrected chi connectivity index (χ1v) is 10.3. The van der Waals surface area contributed by atoms with E-state index in [1.54, 1.807) is 6.20 Å². The van der Waals surface area contributed by atoms with Gasteiger partial charge in [-0.25, -0.2) is 9.98 Å². The third-order valence-electron chi connectivity index (χ3n) is 5.15. The van der Waals surface area contributed by atoms with Crippen LogP contribution in [0.1, 0.15) is 5.56 Å². The van der Waals surface area contributed by atoms with Gasteiger partial charge in [-0.05, 0) is 41.5 Å². The van der Waals surface area contributed by atoms with Crippen molar-refractivity contribution in [1.29, 1.82) is 0 Å².